The molecule has 1 N–H and O–H groups in total. The minimum atomic E-state index is -4.40. The maximum absolute atomic E-state index is 12.9. The zero-order valence-electron chi connectivity index (χ0n) is 11.1. The molecule has 0 unspecified atom stereocenters. The number of piperidine rings is 1. The first-order valence-electron chi connectivity index (χ1n) is 6.42. The van der Waals surface area contributed by atoms with Crippen molar-refractivity contribution in [1.29, 1.82) is 0 Å². The molecule has 0 aliphatic carbocycles. The molecule has 1 aliphatic heterocycles. The number of nitrogens with one attached hydrogen (secondary N) is 1. The van der Waals surface area contributed by atoms with Crippen molar-refractivity contribution in [3.63, 3.8) is 0 Å². The summed E-state index contributed by atoms with van der Waals surface area (Å²) < 4.78 is 38.8. The van der Waals surface area contributed by atoms with Crippen LogP contribution in [0, 0.1) is 0 Å². The van der Waals surface area contributed by atoms with E-state index in [0.29, 0.717) is 25.9 Å². The van der Waals surface area contributed by atoms with Crippen molar-refractivity contribution in [1.82, 2.24) is 10.3 Å². The number of amides is 1. The molecule has 2 heterocycles. The van der Waals surface area contributed by atoms with Gasteiger partial charge in [0.05, 0.1) is 5.56 Å². The molecule has 0 spiro atoms. The Hall–Kier alpha value is -1.79. The summed E-state index contributed by atoms with van der Waals surface area (Å²) in [5.74, 6) is -0.140. The summed E-state index contributed by atoms with van der Waals surface area (Å²) in [5.41, 5.74) is -0.710. The molecule has 1 aromatic rings. The molecule has 1 aromatic heterocycles. The van der Waals surface area contributed by atoms with Crippen LogP contribution in [0.1, 0.15) is 25.3 Å². The third kappa shape index (κ3) is 3.40. The van der Waals surface area contributed by atoms with Crippen LogP contribution in [0.4, 0.5) is 19.0 Å². The van der Waals surface area contributed by atoms with Crippen molar-refractivity contribution in [3.8, 4) is 0 Å². The van der Waals surface area contributed by atoms with Gasteiger partial charge in [0.15, 0.2) is 0 Å². The molecular weight excluding hydrogens is 271 g/mol. The first-order chi connectivity index (χ1) is 9.38. The van der Waals surface area contributed by atoms with Gasteiger partial charge in [-0.15, -0.1) is 0 Å². The van der Waals surface area contributed by atoms with Crippen LogP contribution >= 0.6 is 0 Å². The molecule has 0 saturated carbocycles. The van der Waals surface area contributed by atoms with E-state index in [2.05, 4.69) is 10.3 Å². The summed E-state index contributed by atoms with van der Waals surface area (Å²) in [6.07, 6.45) is -1.80. The van der Waals surface area contributed by atoms with E-state index in [1.165, 1.54) is 19.2 Å². The minimum Gasteiger partial charge on any atom is -0.356 e. The minimum absolute atomic E-state index is 0.0266. The maximum Gasteiger partial charge on any atom is 0.419 e. The van der Waals surface area contributed by atoms with E-state index in [0.717, 1.165) is 6.07 Å². The summed E-state index contributed by atoms with van der Waals surface area (Å²) in [4.78, 5) is 16.5. The molecule has 2 rings (SSSR count). The number of rotatable bonds is 2. The first kappa shape index (κ1) is 14.6. The topological polar surface area (TPSA) is 45.2 Å². The second-order valence-electron chi connectivity index (χ2n) is 4.83. The van der Waals surface area contributed by atoms with E-state index in [9.17, 15) is 18.0 Å². The van der Waals surface area contributed by atoms with Crippen LogP contribution in [-0.2, 0) is 11.0 Å². The van der Waals surface area contributed by atoms with Gasteiger partial charge < -0.3 is 10.2 Å². The Bertz CT molecular complexity index is 482. The van der Waals surface area contributed by atoms with E-state index in [4.69, 9.17) is 0 Å². The van der Waals surface area contributed by atoms with Crippen LogP contribution in [0.2, 0.25) is 0 Å². The van der Waals surface area contributed by atoms with Crippen molar-refractivity contribution >= 4 is 11.7 Å². The number of anilines is 1. The normalized spacial score (nSPS) is 17.1. The number of hydrogen-bond acceptors (Lipinski definition) is 3. The van der Waals surface area contributed by atoms with Crippen molar-refractivity contribution in [2.45, 2.75) is 32.0 Å². The molecule has 1 aliphatic rings. The van der Waals surface area contributed by atoms with Gasteiger partial charge in [-0.05, 0) is 25.0 Å². The quantitative estimate of drug-likeness (QED) is 0.907. The molecule has 1 fully saturated rings. The molecule has 0 radical (unpaired) electrons. The fourth-order valence-corrected chi connectivity index (χ4v) is 2.39. The predicted octanol–water partition coefficient (Wildman–Crippen LogP) is 2.21. The maximum atomic E-state index is 12.9. The highest BCUT2D eigenvalue weighted by Gasteiger charge is 2.36. The first-order valence-corrected chi connectivity index (χ1v) is 6.42. The highest BCUT2D eigenvalue weighted by Crippen LogP contribution is 2.35. The van der Waals surface area contributed by atoms with E-state index in [1.54, 1.807) is 4.90 Å². The van der Waals surface area contributed by atoms with Gasteiger partial charge in [-0.2, -0.15) is 13.2 Å². The Morgan fingerprint density at radius 2 is 2.05 bits per heavy atom. The van der Waals surface area contributed by atoms with Crippen molar-refractivity contribution in [2.75, 3.05) is 18.0 Å². The smallest absolute Gasteiger partial charge is 0.356 e. The zero-order chi connectivity index (χ0) is 14.8. The van der Waals surface area contributed by atoms with Gasteiger partial charge in [0, 0.05) is 32.3 Å². The van der Waals surface area contributed by atoms with Crippen molar-refractivity contribution in [2.24, 2.45) is 0 Å². The van der Waals surface area contributed by atoms with Gasteiger partial charge in [0.2, 0.25) is 5.91 Å². The average molecular weight is 287 g/mol. The monoisotopic (exact) mass is 287 g/mol. The average Bonchev–Trinajstić information content (AvgIpc) is 2.38. The highest BCUT2D eigenvalue weighted by molar-refractivity contribution is 5.73. The van der Waals surface area contributed by atoms with Gasteiger partial charge in [-0.1, -0.05) is 0 Å². The second kappa shape index (κ2) is 5.68. The van der Waals surface area contributed by atoms with Crippen LogP contribution in [0.3, 0.4) is 0 Å². The Kier molecular flexibility index (Phi) is 4.15. The summed E-state index contributed by atoms with van der Waals surface area (Å²) in [7, 11) is 0. The largest absolute Gasteiger partial charge is 0.419 e. The lowest BCUT2D eigenvalue weighted by Crippen LogP contribution is -2.44. The lowest BCUT2D eigenvalue weighted by atomic mass is 10.0. The van der Waals surface area contributed by atoms with Gasteiger partial charge in [0.1, 0.15) is 5.82 Å². The fraction of sp³-hybridized carbons (Fsp3) is 0.538. The van der Waals surface area contributed by atoms with Gasteiger partial charge in [0.25, 0.3) is 0 Å². The lowest BCUT2D eigenvalue weighted by Gasteiger charge is -2.34. The van der Waals surface area contributed by atoms with Crippen LogP contribution in [-0.4, -0.2) is 30.0 Å². The molecule has 7 heteroatoms. The molecule has 0 atom stereocenters. The van der Waals surface area contributed by atoms with E-state index < -0.39 is 11.7 Å². The number of nitrogens with zero attached hydrogens (tertiary/aromatic N) is 2. The number of carbonyl (C=O) groups is 1. The summed E-state index contributed by atoms with van der Waals surface area (Å²) in [6, 6.07) is 2.36. The fourth-order valence-electron chi connectivity index (χ4n) is 2.39. The number of alkyl halides is 3. The van der Waals surface area contributed by atoms with E-state index in [-0.39, 0.29) is 17.8 Å². The summed E-state index contributed by atoms with van der Waals surface area (Å²) in [5, 5.41) is 2.79. The molecule has 4 nitrogen and oxygen atoms in total. The van der Waals surface area contributed by atoms with Crippen LogP contribution < -0.4 is 10.2 Å². The third-order valence-electron chi connectivity index (χ3n) is 3.29. The summed E-state index contributed by atoms with van der Waals surface area (Å²) in [6.45, 7) is 2.34. The lowest BCUT2D eigenvalue weighted by molar-refractivity contribution is -0.137. The van der Waals surface area contributed by atoms with E-state index in [1.807, 2.05) is 0 Å². The Labute approximate surface area is 115 Å². The Balaban J connectivity index is 2.09. The van der Waals surface area contributed by atoms with Gasteiger partial charge in [-0.3, -0.25) is 4.79 Å². The van der Waals surface area contributed by atoms with Gasteiger partial charge in [-0.25, -0.2) is 4.98 Å². The molecule has 0 aromatic carbocycles. The zero-order valence-corrected chi connectivity index (χ0v) is 11.1. The molecule has 20 heavy (non-hydrogen) atoms. The van der Waals surface area contributed by atoms with E-state index >= 15 is 0 Å². The number of aromatic nitrogens is 1. The summed E-state index contributed by atoms with van der Waals surface area (Å²) >= 11 is 0. The highest BCUT2D eigenvalue weighted by atomic mass is 19.4. The van der Waals surface area contributed by atoms with Crippen LogP contribution in [0.5, 0.6) is 0 Å². The van der Waals surface area contributed by atoms with Crippen molar-refractivity contribution in [3.05, 3.63) is 23.9 Å². The predicted molar refractivity (Wildman–Crippen MR) is 68.3 cm³/mol. The number of carbonyl (C=O) groups excluding carboxylic acids is 1. The third-order valence-corrected chi connectivity index (χ3v) is 3.29. The SMILES string of the molecule is CC(=O)NC1CCN(c2ncccc2C(F)(F)F)CC1. The molecule has 0 bridgehead atoms. The second-order valence-corrected chi connectivity index (χ2v) is 4.83. The number of pyridine rings is 1. The number of hydrogen-bond donors (Lipinski definition) is 1. The Morgan fingerprint density at radius 3 is 2.60 bits per heavy atom. The number of halogens is 3. The standard InChI is InChI=1S/C13H16F3N3O/c1-9(20)18-10-4-7-19(8-5-10)12-11(13(14,15)16)3-2-6-17-12/h2-3,6,10H,4-5,7-8H2,1H3,(H,18,20). The van der Waals surface area contributed by atoms with Crippen LogP contribution in [0.15, 0.2) is 18.3 Å². The molecule has 1 amide bonds. The van der Waals surface area contributed by atoms with Crippen LogP contribution in [0.25, 0.3) is 0 Å². The molecular formula is C13H16F3N3O. The van der Waals surface area contributed by atoms with Gasteiger partial charge >= 0.3 is 6.18 Å². The van der Waals surface area contributed by atoms with Crippen molar-refractivity contribution < 1.29 is 18.0 Å². The molecule has 110 valence electrons. The Morgan fingerprint density at radius 1 is 1.40 bits per heavy atom. The molecule has 1 saturated heterocycles.